The molecule has 0 amide bonds. The van der Waals surface area contributed by atoms with E-state index in [0.29, 0.717) is 6.04 Å². The zero-order valence-corrected chi connectivity index (χ0v) is 11.7. The van der Waals surface area contributed by atoms with Crippen LogP contribution >= 0.6 is 0 Å². The molecule has 1 N–H and O–H groups in total. The summed E-state index contributed by atoms with van der Waals surface area (Å²) < 4.78 is 5.63. The molecular formula is C15H24N2O. The highest BCUT2D eigenvalue weighted by Crippen LogP contribution is 2.30. The van der Waals surface area contributed by atoms with E-state index in [1.54, 1.807) is 0 Å². The Kier molecular flexibility index (Phi) is 4.61. The van der Waals surface area contributed by atoms with E-state index in [0.717, 1.165) is 38.5 Å². The van der Waals surface area contributed by atoms with Gasteiger partial charge >= 0.3 is 0 Å². The standard InChI is InChI=1S/C15H24N2O/c1-4-17(5-2)15-11-16-10-12-7-8-13(18-6-3)9-14(12)15/h7-9,15-16H,4-6,10-11H2,1-3H3/t15-/m1/s1. The van der Waals surface area contributed by atoms with E-state index < -0.39 is 0 Å². The Morgan fingerprint density at radius 2 is 2.06 bits per heavy atom. The normalized spacial score (nSPS) is 18.8. The Bertz CT molecular complexity index is 388. The molecule has 1 aromatic carbocycles. The number of hydrogen-bond donors (Lipinski definition) is 1. The van der Waals surface area contributed by atoms with Gasteiger partial charge in [0.05, 0.1) is 6.61 Å². The molecule has 0 saturated heterocycles. The minimum Gasteiger partial charge on any atom is -0.494 e. The SMILES string of the molecule is CCOc1ccc2c(c1)[C@H](N(CC)CC)CNC2. The van der Waals surface area contributed by atoms with E-state index in [-0.39, 0.29) is 0 Å². The highest BCUT2D eigenvalue weighted by molar-refractivity contribution is 5.39. The lowest BCUT2D eigenvalue weighted by molar-refractivity contribution is 0.204. The van der Waals surface area contributed by atoms with Gasteiger partial charge < -0.3 is 10.1 Å². The second kappa shape index (κ2) is 6.21. The first kappa shape index (κ1) is 13.4. The third kappa shape index (κ3) is 2.68. The molecule has 0 spiro atoms. The van der Waals surface area contributed by atoms with Gasteiger partial charge in [-0.15, -0.1) is 0 Å². The summed E-state index contributed by atoms with van der Waals surface area (Å²) in [6, 6.07) is 6.98. The summed E-state index contributed by atoms with van der Waals surface area (Å²) in [7, 11) is 0. The van der Waals surface area contributed by atoms with Crippen molar-refractivity contribution in [1.82, 2.24) is 10.2 Å². The fraction of sp³-hybridized carbons (Fsp3) is 0.600. The maximum atomic E-state index is 5.63. The molecule has 100 valence electrons. The van der Waals surface area contributed by atoms with Crippen LogP contribution in [0.15, 0.2) is 18.2 Å². The Labute approximate surface area is 110 Å². The maximum Gasteiger partial charge on any atom is 0.119 e. The molecule has 0 unspecified atom stereocenters. The van der Waals surface area contributed by atoms with E-state index in [9.17, 15) is 0 Å². The predicted molar refractivity (Wildman–Crippen MR) is 75.0 cm³/mol. The van der Waals surface area contributed by atoms with Crippen LogP contribution in [-0.2, 0) is 6.54 Å². The lowest BCUT2D eigenvalue weighted by atomic mass is 9.95. The number of ether oxygens (including phenoxy) is 1. The molecule has 0 fully saturated rings. The zero-order valence-electron chi connectivity index (χ0n) is 11.7. The van der Waals surface area contributed by atoms with Crippen LogP contribution in [0.5, 0.6) is 5.75 Å². The van der Waals surface area contributed by atoms with Crippen LogP contribution in [0.3, 0.4) is 0 Å². The molecule has 0 aromatic heterocycles. The average molecular weight is 248 g/mol. The number of likely N-dealkylation sites (N-methyl/N-ethyl adjacent to an activating group) is 1. The number of fused-ring (bicyclic) bond motifs is 1. The zero-order chi connectivity index (χ0) is 13.0. The van der Waals surface area contributed by atoms with Crippen LogP contribution in [0, 0.1) is 0 Å². The van der Waals surface area contributed by atoms with E-state index in [1.165, 1.54) is 11.1 Å². The quantitative estimate of drug-likeness (QED) is 0.866. The summed E-state index contributed by atoms with van der Waals surface area (Å²) in [5.74, 6) is 0.996. The third-order valence-corrected chi connectivity index (χ3v) is 3.69. The van der Waals surface area contributed by atoms with Crippen molar-refractivity contribution in [3.63, 3.8) is 0 Å². The number of hydrogen-bond acceptors (Lipinski definition) is 3. The Hall–Kier alpha value is -1.06. The molecule has 2 rings (SSSR count). The van der Waals surface area contributed by atoms with Crippen molar-refractivity contribution in [2.45, 2.75) is 33.4 Å². The minimum absolute atomic E-state index is 0.476. The van der Waals surface area contributed by atoms with Crippen molar-refractivity contribution in [1.29, 1.82) is 0 Å². The van der Waals surface area contributed by atoms with Gasteiger partial charge in [-0.05, 0) is 43.3 Å². The first-order chi connectivity index (χ1) is 8.80. The summed E-state index contributed by atoms with van der Waals surface area (Å²) in [5, 5.41) is 3.51. The summed E-state index contributed by atoms with van der Waals surface area (Å²) >= 11 is 0. The summed E-state index contributed by atoms with van der Waals surface area (Å²) in [4.78, 5) is 2.50. The second-order valence-electron chi connectivity index (χ2n) is 4.66. The van der Waals surface area contributed by atoms with Gasteiger partial charge in [-0.25, -0.2) is 0 Å². The van der Waals surface area contributed by atoms with Gasteiger partial charge in [-0.2, -0.15) is 0 Å². The lowest BCUT2D eigenvalue weighted by Gasteiger charge is -2.35. The minimum atomic E-state index is 0.476. The van der Waals surface area contributed by atoms with Crippen molar-refractivity contribution < 1.29 is 4.74 Å². The molecule has 0 radical (unpaired) electrons. The first-order valence-corrected chi connectivity index (χ1v) is 7.00. The van der Waals surface area contributed by atoms with Crippen LogP contribution in [0.1, 0.15) is 37.9 Å². The van der Waals surface area contributed by atoms with E-state index >= 15 is 0 Å². The molecular weight excluding hydrogens is 224 g/mol. The van der Waals surface area contributed by atoms with Crippen molar-refractivity contribution in [3.05, 3.63) is 29.3 Å². The maximum absolute atomic E-state index is 5.63. The molecule has 0 aliphatic carbocycles. The van der Waals surface area contributed by atoms with Gasteiger partial charge in [-0.1, -0.05) is 19.9 Å². The largest absolute Gasteiger partial charge is 0.494 e. The van der Waals surface area contributed by atoms with E-state index in [2.05, 4.69) is 42.3 Å². The molecule has 0 bridgehead atoms. The van der Waals surface area contributed by atoms with Crippen LogP contribution in [0.2, 0.25) is 0 Å². The topological polar surface area (TPSA) is 24.5 Å². The molecule has 1 aromatic rings. The van der Waals surface area contributed by atoms with Gasteiger partial charge in [0.15, 0.2) is 0 Å². The average Bonchev–Trinajstić information content (AvgIpc) is 2.41. The second-order valence-corrected chi connectivity index (χ2v) is 4.66. The Morgan fingerprint density at radius 1 is 1.28 bits per heavy atom. The number of benzene rings is 1. The van der Waals surface area contributed by atoms with Crippen molar-refractivity contribution >= 4 is 0 Å². The monoisotopic (exact) mass is 248 g/mol. The van der Waals surface area contributed by atoms with Gasteiger partial charge in [-0.3, -0.25) is 4.90 Å². The Balaban J connectivity index is 2.30. The van der Waals surface area contributed by atoms with E-state index in [4.69, 9.17) is 4.74 Å². The van der Waals surface area contributed by atoms with Gasteiger partial charge in [0.2, 0.25) is 0 Å². The van der Waals surface area contributed by atoms with Crippen LogP contribution in [0.4, 0.5) is 0 Å². The fourth-order valence-electron chi connectivity index (χ4n) is 2.74. The molecule has 1 aliphatic rings. The Morgan fingerprint density at radius 3 is 2.72 bits per heavy atom. The van der Waals surface area contributed by atoms with Crippen LogP contribution < -0.4 is 10.1 Å². The summed E-state index contributed by atoms with van der Waals surface area (Å²) in [6.45, 7) is 11.4. The fourth-order valence-corrected chi connectivity index (χ4v) is 2.74. The molecule has 1 aliphatic heterocycles. The molecule has 1 heterocycles. The van der Waals surface area contributed by atoms with Crippen molar-refractivity contribution in [3.8, 4) is 5.75 Å². The van der Waals surface area contributed by atoms with Crippen LogP contribution in [-0.4, -0.2) is 31.1 Å². The molecule has 18 heavy (non-hydrogen) atoms. The number of nitrogens with one attached hydrogen (secondary N) is 1. The molecule has 3 nitrogen and oxygen atoms in total. The first-order valence-electron chi connectivity index (χ1n) is 7.00. The van der Waals surface area contributed by atoms with Gasteiger partial charge in [0.1, 0.15) is 5.75 Å². The molecule has 0 saturated carbocycles. The smallest absolute Gasteiger partial charge is 0.119 e. The predicted octanol–water partition coefficient (Wildman–Crippen LogP) is 2.57. The molecule has 3 heteroatoms. The van der Waals surface area contributed by atoms with Gasteiger partial charge in [0, 0.05) is 19.1 Å². The number of nitrogens with zero attached hydrogens (tertiary/aromatic N) is 1. The highest BCUT2D eigenvalue weighted by Gasteiger charge is 2.24. The molecule has 1 atom stereocenters. The third-order valence-electron chi connectivity index (χ3n) is 3.69. The van der Waals surface area contributed by atoms with E-state index in [1.807, 2.05) is 6.92 Å². The van der Waals surface area contributed by atoms with Crippen molar-refractivity contribution in [2.24, 2.45) is 0 Å². The highest BCUT2D eigenvalue weighted by atomic mass is 16.5. The lowest BCUT2D eigenvalue weighted by Crippen LogP contribution is -2.39. The summed E-state index contributed by atoms with van der Waals surface area (Å²) in [6.07, 6.45) is 0. The summed E-state index contributed by atoms with van der Waals surface area (Å²) in [5.41, 5.74) is 2.84. The van der Waals surface area contributed by atoms with Crippen molar-refractivity contribution in [2.75, 3.05) is 26.2 Å². The number of rotatable bonds is 5. The van der Waals surface area contributed by atoms with Gasteiger partial charge in [0.25, 0.3) is 0 Å². The van der Waals surface area contributed by atoms with Crippen LogP contribution in [0.25, 0.3) is 0 Å².